The first-order valence-electron chi connectivity index (χ1n) is 9.49. The Kier molecular flexibility index (Phi) is 5.11. The van der Waals surface area contributed by atoms with Crippen LogP contribution < -0.4 is 5.32 Å². The molecule has 26 heavy (non-hydrogen) atoms. The van der Waals surface area contributed by atoms with E-state index < -0.39 is 0 Å². The molecule has 1 N–H and O–H groups in total. The molecular weight excluding hydrogens is 346 g/mol. The molecule has 1 amide bonds. The molecule has 1 aromatic carbocycles. The number of carbonyl (C=O) groups excluding carboxylic acids is 1. The smallest absolute Gasteiger partial charge is 0.409 e. The zero-order valence-corrected chi connectivity index (χ0v) is 16.0. The van der Waals surface area contributed by atoms with Crippen LogP contribution in [0.4, 0.5) is 9.93 Å². The lowest BCUT2D eigenvalue weighted by Crippen LogP contribution is -2.42. The van der Waals surface area contributed by atoms with Crippen LogP contribution in [0.5, 0.6) is 0 Å². The van der Waals surface area contributed by atoms with Gasteiger partial charge in [-0.05, 0) is 56.2 Å². The van der Waals surface area contributed by atoms with Crippen LogP contribution in [0.1, 0.15) is 37.3 Å². The minimum absolute atomic E-state index is 0.195. The lowest BCUT2D eigenvalue weighted by atomic mass is 10.1. The molecular formula is C20H25N3O2S. The Bertz CT molecular complexity index is 781. The summed E-state index contributed by atoms with van der Waals surface area (Å²) in [7, 11) is 0. The number of nitrogens with one attached hydrogen (secondary N) is 1. The van der Waals surface area contributed by atoms with Crippen molar-refractivity contribution in [1.82, 2.24) is 9.88 Å². The van der Waals surface area contributed by atoms with Crippen LogP contribution in [-0.4, -0.2) is 41.7 Å². The highest BCUT2D eigenvalue weighted by atomic mass is 32.1. The standard InChI is InChI=1S/C20H25N3O2S/c1-2-25-20(24)23-10-8-17(9-11-23)21-19-22-18(13-26-19)16-7-6-14-4-3-5-15(14)12-16/h6-7,12-13,17H,2-5,8-11H2,1H3,(H,21,22). The summed E-state index contributed by atoms with van der Waals surface area (Å²) in [5.74, 6) is 0. The first-order valence-corrected chi connectivity index (χ1v) is 10.4. The number of ether oxygens (including phenoxy) is 1. The van der Waals surface area contributed by atoms with Crippen molar-refractivity contribution in [3.63, 3.8) is 0 Å². The van der Waals surface area contributed by atoms with Gasteiger partial charge in [-0.1, -0.05) is 12.1 Å². The fourth-order valence-electron chi connectivity index (χ4n) is 3.80. The predicted molar refractivity (Wildman–Crippen MR) is 105 cm³/mol. The number of thiazole rings is 1. The molecule has 0 unspecified atom stereocenters. The Hall–Kier alpha value is -2.08. The van der Waals surface area contributed by atoms with Crippen molar-refractivity contribution in [2.45, 2.75) is 45.1 Å². The second kappa shape index (κ2) is 7.66. The van der Waals surface area contributed by atoms with E-state index in [1.807, 2.05) is 6.92 Å². The Morgan fingerprint density at radius 2 is 2.12 bits per heavy atom. The predicted octanol–water partition coefficient (Wildman–Crippen LogP) is 4.33. The van der Waals surface area contributed by atoms with Crippen LogP contribution in [0.15, 0.2) is 23.6 Å². The van der Waals surface area contributed by atoms with Gasteiger partial charge in [-0.3, -0.25) is 0 Å². The average Bonchev–Trinajstić information content (AvgIpc) is 3.31. The number of nitrogens with zero attached hydrogens (tertiary/aromatic N) is 2. The first kappa shape index (κ1) is 17.3. The van der Waals surface area contributed by atoms with Gasteiger partial charge in [-0.15, -0.1) is 11.3 Å². The van der Waals surface area contributed by atoms with Crippen LogP contribution in [0.2, 0.25) is 0 Å². The molecule has 1 fully saturated rings. The maximum atomic E-state index is 11.8. The van der Waals surface area contributed by atoms with E-state index >= 15 is 0 Å². The highest BCUT2D eigenvalue weighted by Crippen LogP contribution is 2.30. The summed E-state index contributed by atoms with van der Waals surface area (Å²) in [4.78, 5) is 18.4. The molecule has 5 nitrogen and oxygen atoms in total. The van der Waals surface area contributed by atoms with Crippen molar-refractivity contribution in [3.05, 3.63) is 34.7 Å². The van der Waals surface area contributed by atoms with Crippen LogP contribution >= 0.6 is 11.3 Å². The van der Waals surface area contributed by atoms with Crippen molar-refractivity contribution in [2.75, 3.05) is 25.0 Å². The SMILES string of the molecule is CCOC(=O)N1CCC(Nc2nc(-c3ccc4c(c3)CCC4)cs2)CC1. The van der Waals surface area contributed by atoms with Gasteiger partial charge in [-0.25, -0.2) is 9.78 Å². The van der Waals surface area contributed by atoms with Crippen LogP contribution in [0.3, 0.4) is 0 Å². The lowest BCUT2D eigenvalue weighted by molar-refractivity contribution is 0.0983. The number of likely N-dealkylation sites (tertiary alicyclic amines) is 1. The molecule has 2 aliphatic rings. The third-order valence-corrected chi connectivity index (χ3v) is 6.02. The van der Waals surface area contributed by atoms with E-state index in [1.165, 1.54) is 36.0 Å². The lowest BCUT2D eigenvalue weighted by Gasteiger charge is -2.31. The highest BCUT2D eigenvalue weighted by Gasteiger charge is 2.24. The zero-order chi connectivity index (χ0) is 17.9. The van der Waals surface area contributed by atoms with E-state index in [-0.39, 0.29) is 6.09 Å². The molecule has 1 saturated heterocycles. The number of anilines is 1. The van der Waals surface area contributed by atoms with Crippen molar-refractivity contribution >= 4 is 22.6 Å². The highest BCUT2D eigenvalue weighted by molar-refractivity contribution is 7.14. The van der Waals surface area contributed by atoms with Crippen LogP contribution in [0.25, 0.3) is 11.3 Å². The van der Waals surface area contributed by atoms with Gasteiger partial charge in [-0.2, -0.15) is 0 Å². The number of hydrogen-bond acceptors (Lipinski definition) is 5. The monoisotopic (exact) mass is 371 g/mol. The van der Waals surface area contributed by atoms with Crippen LogP contribution in [-0.2, 0) is 17.6 Å². The van der Waals surface area contributed by atoms with E-state index in [9.17, 15) is 4.79 Å². The van der Waals surface area contributed by atoms with Gasteiger partial charge in [0.1, 0.15) is 0 Å². The number of benzene rings is 1. The zero-order valence-electron chi connectivity index (χ0n) is 15.2. The Labute approximate surface area is 158 Å². The summed E-state index contributed by atoms with van der Waals surface area (Å²) in [6.45, 7) is 3.74. The van der Waals surface area contributed by atoms with E-state index in [0.29, 0.717) is 12.6 Å². The molecule has 0 spiro atoms. The van der Waals surface area contributed by atoms with Gasteiger partial charge >= 0.3 is 6.09 Å². The minimum atomic E-state index is -0.195. The molecule has 0 radical (unpaired) electrons. The number of amides is 1. The van der Waals surface area contributed by atoms with Crippen molar-refractivity contribution in [1.29, 1.82) is 0 Å². The van der Waals surface area contributed by atoms with Crippen LogP contribution in [0, 0.1) is 0 Å². The quantitative estimate of drug-likeness (QED) is 0.869. The van der Waals surface area contributed by atoms with E-state index in [1.54, 1.807) is 16.2 Å². The molecule has 1 aromatic heterocycles. The molecule has 0 atom stereocenters. The molecule has 1 aliphatic carbocycles. The summed E-state index contributed by atoms with van der Waals surface area (Å²) >= 11 is 1.66. The molecule has 0 bridgehead atoms. The number of hydrogen-bond donors (Lipinski definition) is 1. The molecule has 4 rings (SSSR count). The second-order valence-corrected chi connectivity index (χ2v) is 7.84. The van der Waals surface area contributed by atoms with Crippen molar-refractivity contribution in [2.24, 2.45) is 0 Å². The Morgan fingerprint density at radius 1 is 1.31 bits per heavy atom. The van der Waals surface area contributed by atoms with Gasteiger partial charge in [0, 0.05) is 30.1 Å². The Morgan fingerprint density at radius 3 is 2.92 bits per heavy atom. The number of aryl methyl sites for hydroxylation is 2. The fraction of sp³-hybridized carbons (Fsp3) is 0.500. The largest absolute Gasteiger partial charge is 0.450 e. The fourth-order valence-corrected chi connectivity index (χ4v) is 4.60. The summed E-state index contributed by atoms with van der Waals surface area (Å²) in [6, 6.07) is 7.12. The molecule has 1 aliphatic heterocycles. The van der Waals surface area contributed by atoms with E-state index in [0.717, 1.165) is 36.8 Å². The third kappa shape index (κ3) is 3.70. The molecule has 2 aromatic rings. The van der Waals surface area contributed by atoms with Crippen molar-refractivity contribution < 1.29 is 9.53 Å². The van der Waals surface area contributed by atoms with Crippen molar-refractivity contribution in [3.8, 4) is 11.3 Å². The van der Waals surface area contributed by atoms with Gasteiger partial charge in [0.25, 0.3) is 0 Å². The molecule has 138 valence electrons. The van der Waals surface area contributed by atoms with Gasteiger partial charge < -0.3 is 15.0 Å². The third-order valence-electron chi connectivity index (χ3n) is 5.25. The second-order valence-electron chi connectivity index (χ2n) is 6.98. The molecule has 2 heterocycles. The number of aromatic nitrogens is 1. The Balaban J connectivity index is 1.35. The summed E-state index contributed by atoms with van der Waals surface area (Å²) in [5, 5.41) is 6.64. The first-order chi connectivity index (χ1) is 12.7. The number of piperidine rings is 1. The number of fused-ring (bicyclic) bond motifs is 1. The van der Waals surface area contributed by atoms with Gasteiger partial charge in [0.2, 0.25) is 0 Å². The minimum Gasteiger partial charge on any atom is -0.450 e. The number of rotatable bonds is 4. The number of carbonyl (C=O) groups is 1. The van der Waals surface area contributed by atoms with E-state index in [2.05, 4.69) is 28.9 Å². The van der Waals surface area contributed by atoms with Gasteiger partial charge in [0.15, 0.2) is 5.13 Å². The summed E-state index contributed by atoms with van der Waals surface area (Å²) in [5.41, 5.74) is 5.25. The maximum Gasteiger partial charge on any atom is 0.409 e. The van der Waals surface area contributed by atoms with E-state index in [4.69, 9.17) is 9.72 Å². The molecule has 6 heteroatoms. The summed E-state index contributed by atoms with van der Waals surface area (Å²) < 4.78 is 5.08. The normalized spacial score (nSPS) is 17.2. The maximum absolute atomic E-state index is 11.8. The summed E-state index contributed by atoms with van der Waals surface area (Å²) in [6.07, 6.45) is 5.33. The van der Waals surface area contributed by atoms with Gasteiger partial charge in [0.05, 0.1) is 12.3 Å². The molecule has 0 saturated carbocycles. The topological polar surface area (TPSA) is 54.5 Å². The average molecular weight is 372 g/mol.